The molecule has 4 heteroatoms. The summed E-state index contributed by atoms with van der Waals surface area (Å²) in [7, 11) is 1.30. The second kappa shape index (κ2) is 3.89. The molecule has 2 nitrogen and oxygen atoms in total. The van der Waals surface area contributed by atoms with E-state index < -0.39 is 0 Å². The molecule has 62 valence electrons. The SMILES string of the molecule is c1c[nH]c(P[PH2+]c2ccc[nH]2)c1. The molecule has 2 aromatic heterocycles. The largest absolute Gasteiger partial charge is 0.359 e. The maximum atomic E-state index is 3.23. The highest BCUT2D eigenvalue weighted by molar-refractivity contribution is 8.18. The minimum absolute atomic E-state index is 0.384. The van der Waals surface area contributed by atoms with Crippen molar-refractivity contribution in [3.63, 3.8) is 0 Å². The molecular formula is C8H11N2P2+. The first kappa shape index (κ1) is 8.04. The van der Waals surface area contributed by atoms with Crippen LogP contribution in [0.3, 0.4) is 0 Å². The number of aromatic nitrogens is 2. The van der Waals surface area contributed by atoms with Gasteiger partial charge in [0.25, 0.3) is 0 Å². The van der Waals surface area contributed by atoms with Crippen molar-refractivity contribution in [3.05, 3.63) is 36.7 Å². The highest BCUT2D eigenvalue weighted by Crippen LogP contribution is 2.33. The summed E-state index contributed by atoms with van der Waals surface area (Å²) in [6, 6.07) is 8.41. The van der Waals surface area contributed by atoms with Gasteiger partial charge in [-0.1, -0.05) is 0 Å². The van der Waals surface area contributed by atoms with Gasteiger partial charge < -0.3 is 9.97 Å². The van der Waals surface area contributed by atoms with Crippen molar-refractivity contribution in [2.45, 2.75) is 0 Å². The summed E-state index contributed by atoms with van der Waals surface area (Å²) in [6.07, 6.45) is 3.97. The van der Waals surface area contributed by atoms with E-state index in [4.69, 9.17) is 0 Å². The van der Waals surface area contributed by atoms with Crippen molar-refractivity contribution in [2.24, 2.45) is 0 Å². The smallest absolute Gasteiger partial charge is 0.158 e. The first-order valence-electron chi connectivity index (χ1n) is 3.82. The third kappa shape index (κ3) is 1.97. The lowest BCUT2D eigenvalue weighted by Crippen LogP contribution is -1.94. The third-order valence-electron chi connectivity index (χ3n) is 1.60. The van der Waals surface area contributed by atoms with Crippen LogP contribution >= 0.6 is 16.5 Å². The molecule has 0 aliphatic carbocycles. The first-order chi connectivity index (χ1) is 5.95. The standard InChI is InChI=1S/C8H10N2P2/c1-3-7(9-5-1)11-12-8-4-2-6-10-8/h1-6,9-12H/p+1. The van der Waals surface area contributed by atoms with Gasteiger partial charge in [0.05, 0.1) is 22.0 Å². The average Bonchev–Trinajstić information content (AvgIpc) is 2.74. The number of hydrogen-bond acceptors (Lipinski definition) is 0. The Morgan fingerprint density at radius 3 is 2.58 bits per heavy atom. The van der Waals surface area contributed by atoms with Crippen molar-refractivity contribution in [1.82, 2.24) is 9.97 Å². The van der Waals surface area contributed by atoms with Crippen LogP contribution in [0, 0.1) is 0 Å². The lowest BCUT2D eigenvalue weighted by Gasteiger charge is -1.87. The quantitative estimate of drug-likeness (QED) is 0.695. The van der Waals surface area contributed by atoms with Gasteiger partial charge in [0.2, 0.25) is 0 Å². The van der Waals surface area contributed by atoms with E-state index in [-0.39, 0.29) is 0 Å². The van der Waals surface area contributed by atoms with Gasteiger partial charge in [0, 0.05) is 12.4 Å². The highest BCUT2D eigenvalue weighted by atomic mass is 32.0. The predicted molar refractivity (Wildman–Crippen MR) is 58.9 cm³/mol. The van der Waals surface area contributed by atoms with Gasteiger partial charge >= 0.3 is 0 Å². The zero-order valence-corrected chi connectivity index (χ0v) is 8.70. The zero-order valence-electron chi connectivity index (χ0n) is 6.54. The summed E-state index contributed by atoms with van der Waals surface area (Å²) in [6.45, 7) is 0. The van der Waals surface area contributed by atoms with E-state index in [0.29, 0.717) is 8.27 Å². The van der Waals surface area contributed by atoms with Crippen molar-refractivity contribution in [2.75, 3.05) is 0 Å². The normalized spacial score (nSPS) is 12.3. The summed E-state index contributed by atoms with van der Waals surface area (Å²) >= 11 is 0. The molecular weight excluding hydrogens is 186 g/mol. The van der Waals surface area contributed by atoms with Crippen LogP contribution in [0.1, 0.15) is 0 Å². The van der Waals surface area contributed by atoms with E-state index in [1.807, 2.05) is 12.4 Å². The molecule has 2 rings (SSSR count). The van der Waals surface area contributed by atoms with Crippen LogP contribution < -0.4 is 10.9 Å². The lowest BCUT2D eigenvalue weighted by atomic mass is 10.7. The molecule has 0 radical (unpaired) electrons. The summed E-state index contributed by atoms with van der Waals surface area (Å²) in [4.78, 5) is 6.45. The van der Waals surface area contributed by atoms with Gasteiger partial charge in [-0.05, 0) is 24.3 Å². The van der Waals surface area contributed by atoms with Crippen LogP contribution in [0.2, 0.25) is 0 Å². The van der Waals surface area contributed by atoms with Crippen molar-refractivity contribution >= 4 is 27.4 Å². The summed E-state index contributed by atoms with van der Waals surface area (Å²) in [5, 5.41) is 0. The van der Waals surface area contributed by atoms with Gasteiger partial charge in [-0.15, -0.1) is 0 Å². The number of aromatic amines is 2. The second-order valence-electron chi connectivity index (χ2n) is 2.50. The Labute approximate surface area is 74.6 Å². The second-order valence-corrected chi connectivity index (χ2v) is 5.97. The van der Waals surface area contributed by atoms with Crippen LogP contribution in [0.5, 0.6) is 0 Å². The average molecular weight is 197 g/mol. The first-order valence-corrected chi connectivity index (χ1v) is 7.20. The molecule has 2 atom stereocenters. The van der Waals surface area contributed by atoms with Crippen molar-refractivity contribution in [3.8, 4) is 0 Å². The van der Waals surface area contributed by atoms with Gasteiger partial charge in [-0.2, -0.15) is 0 Å². The molecule has 12 heavy (non-hydrogen) atoms. The molecule has 2 aromatic rings. The molecule has 2 unspecified atom stereocenters. The van der Waals surface area contributed by atoms with E-state index in [1.165, 1.54) is 10.9 Å². The van der Waals surface area contributed by atoms with Crippen molar-refractivity contribution < 1.29 is 0 Å². The monoisotopic (exact) mass is 197 g/mol. The van der Waals surface area contributed by atoms with E-state index in [2.05, 4.69) is 34.2 Å². The summed E-state index contributed by atoms with van der Waals surface area (Å²) in [5.41, 5.74) is 2.75. The van der Waals surface area contributed by atoms with E-state index in [0.717, 1.165) is 8.27 Å². The van der Waals surface area contributed by atoms with Crippen LogP contribution in [-0.4, -0.2) is 9.97 Å². The Bertz CT molecular complexity index is 278. The fraction of sp³-hybridized carbons (Fsp3) is 0. The van der Waals surface area contributed by atoms with E-state index >= 15 is 0 Å². The molecule has 0 bridgehead atoms. The van der Waals surface area contributed by atoms with Crippen molar-refractivity contribution in [1.29, 1.82) is 0 Å². The molecule has 0 aliphatic heterocycles. The molecule has 2 heterocycles. The molecule has 2 N–H and O–H groups in total. The number of rotatable bonds is 3. The Hall–Kier alpha value is -0.580. The Morgan fingerprint density at radius 1 is 1.08 bits per heavy atom. The summed E-state index contributed by atoms with van der Waals surface area (Å²) < 4.78 is 0. The fourth-order valence-electron chi connectivity index (χ4n) is 1.01. The maximum absolute atomic E-state index is 3.23. The van der Waals surface area contributed by atoms with Gasteiger partial charge in [-0.25, -0.2) is 0 Å². The van der Waals surface area contributed by atoms with Gasteiger partial charge in [0.1, 0.15) is 0 Å². The van der Waals surface area contributed by atoms with Crippen LogP contribution in [0.4, 0.5) is 0 Å². The molecule has 0 amide bonds. The van der Waals surface area contributed by atoms with Crippen LogP contribution in [-0.2, 0) is 0 Å². The minimum Gasteiger partial charge on any atom is -0.359 e. The number of hydrogen-bond donors (Lipinski definition) is 2. The molecule has 0 fully saturated rings. The fourth-order valence-corrected chi connectivity index (χ4v) is 4.08. The Kier molecular flexibility index (Phi) is 2.60. The van der Waals surface area contributed by atoms with E-state index in [1.54, 1.807) is 0 Å². The molecule has 0 aliphatic rings. The number of H-pyrrole nitrogens is 2. The van der Waals surface area contributed by atoms with Gasteiger partial charge in [-0.3, -0.25) is 0 Å². The van der Waals surface area contributed by atoms with E-state index in [9.17, 15) is 0 Å². The molecule has 0 saturated carbocycles. The number of nitrogens with one attached hydrogen (secondary N) is 2. The molecule has 0 spiro atoms. The lowest BCUT2D eigenvalue weighted by molar-refractivity contribution is 1.47. The minimum atomic E-state index is 0.384. The Balaban J connectivity index is 1.91. The highest BCUT2D eigenvalue weighted by Gasteiger charge is 2.02. The van der Waals surface area contributed by atoms with Gasteiger partial charge in [0.15, 0.2) is 5.44 Å². The molecule has 0 aromatic carbocycles. The topological polar surface area (TPSA) is 31.6 Å². The zero-order chi connectivity index (χ0) is 8.23. The van der Waals surface area contributed by atoms with Crippen LogP contribution in [0.25, 0.3) is 0 Å². The maximum Gasteiger partial charge on any atom is 0.158 e. The Morgan fingerprint density at radius 2 is 1.92 bits per heavy atom. The van der Waals surface area contributed by atoms with Crippen LogP contribution in [0.15, 0.2) is 36.7 Å². The third-order valence-corrected chi connectivity index (χ3v) is 5.34. The predicted octanol–water partition coefficient (Wildman–Crippen LogP) is 1.30. The summed E-state index contributed by atoms with van der Waals surface area (Å²) in [5.74, 6) is 0. The molecule has 0 saturated heterocycles.